The number of amidine groups is 1. The van der Waals surface area contributed by atoms with Gasteiger partial charge in [-0.3, -0.25) is 4.90 Å². The van der Waals surface area contributed by atoms with Crippen LogP contribution >= 0.6 is 11.8 Å². The molecule has 2 heterocycles. The van der Waals surface area contributed by atoms with Gasteiger partial charge >= 0.3 is 6.36 Å². The fourth-order valence-electron chi connectivity index (χ4n) is 4.48. The van der Waals surface area contributed by atoms with E-state index in [4.69, 9.17) is 0 Å². The third-order valence-electron chi connectivity index (χ3n) is 6.84. The minimum Gasteiger partial charge on any atom is -0.406 e. The molecule has 12 heteroatoms. The molecule has 2 unspecified atom stereocenters. The molecule has 0 saturated carbocycles. The molecule has 1 aliphatic rings. The molecular weight excluding hydrogens is 565 g/mol. The lowest BCUT2D eigenvalue weighted by Crippen LogP contribution is -2.48. The average molecular weight is 595 g/mol. The highest BCUT2D eigenvalue weighted by atomic mass is 32.2. The Morgan fingerprint density at radius 2 is 1.74 bits per heavy atom. The first-order valence-electron chi connectivity index (χ1n) is 13.2. The van der Waals surface area contributed by atoms with E-state index in [9.17, 15) is 18.3 Å². The Bertz CT molecular complexity index is 1600. The highest BCUT2D eigenvalue weighted by molar-refractivity contribution is 8.15. The van der Waals surface area contributed by atoms with Gasteiger partial charge in [0.15, 0.2) is 16.7 Å². The van der Waals surface area contributed by atoms with Crippen molar-refractivity contribution < 1.29 is 23.0 Å². The van der Waals surface area contributed by atoms with Crippen molar-refractivity contribution in [3.8, 4) is 22.8 Å². The molecule has 3 aromatic carbocycles. The van der Waals surface area contributed by atoms with Crippen LogP contribution in [0.5, 0.6) is 5.75 Å². The van der Waals surface area contributed by atoms with Crippen LogP contribution in [0.15, 0.2) is 89.3 Å². The van der Waals surface area contributed by atoms with Crippen LogP contribution in [0.3, 0.4) is 0 Å². The van der Waals surface area contributed by atoms with Crippen LogP contribution in [-0.4, -0.2) is 48.6 Å². The molecule has 1 aliphatic heterocycles. The van der Waals surface area contributed by atoms with Gasteiger partial charge in [-0.15, -0.1) is 23.4 Å². The lowest BCUT2D eigenvalue weighted by atomic mass is 9.99. The van der Waals surface area contributed by atoms with E-state index in [1.54, 1.807) is 13.1 Å². The Morgan fingerprint density at radius 3 is 2.40 bits per heavy atom. The number of hydrogen-bond donors (Lipinski definition) is 1. The van der Waals surface area contributed by atoms with Crippen LogP contribution in [0.1, 0.15) is 44.7 Å². The second-order valence-corrected chi connectivity index (χ2v) is 11.5. The van der Waals surface area contributed by atoms with Crippen molar-refractivity contribution in [2.24, 2.45) is 10.2 Å². The Hall–Kier alpha value is -4.16. The molecule has 42 heavy (non-hydrogen) atoms. The van der Waals surface area contributed by atoms with Crippen molar-refractivity contribution in [3.05, 3.63) is 90.3 Å². The van der Waals surface area contributed by atoms with Crippen molar-refractivity contribution >= 4 is 28.8 Å². The number of hydrogen-bond acceptors (Lipinski definition) is 7. The van der Waals surface area contributed by atoms with Gasteiger partial charge in [0.1, 0.15) is 12.1 Å². The highest BCUT2D eigenvalue weighted by Gasteiger charge is 2.47. The maximum atomic E-state index is 12.4. The molecule has 1 aromatic heterocycles. The van der Waals surface area contributed by atoms with Crippen LogP contribution in [0.4, 0.5) is 18.9 Å². The highest BCUT2D eigenvalue weighted by Crippen LogP contribution is 2.43. The van der Waals surface area contributed by atoms with E-state index >= 15 is 0 Å². The van der Waals surface area contributed by atoms with Crippen LogP contribution in [-0.2, 0) is 0 Å². The molecule has 0 radical (unpaired) electrons. The first-order valence-corrected chi connectivity index (χ1v) is 14.1. The third kappa shape index (κ3) is 6.34. The van der Waals surface area contributed by atoms with Crippen LogP contribution in [0, 0.1) is 0 Å². The smallest absolute Gasteiger partial charge is 0.406 e. The largest absolute Gasteiger partial charge is 0.573 e. The molecule has 0 spiro atoms. The number of nitrogens with zero attached hydrogens (tertiary/aromatic N) is 6. The molecule has 2 atom stereocenters. The molecule has 4 aromatic rings. The average Bonchev–Trinajstić information content (AvgIpc) is 3.51. The van der Waals surface area contributed by atoms with E-state index in [0.29, 0.717) is 16.7 Å². The molecule has 0 aliphatic carbocycles. The fraction of sp³-hybridized carbons (Fsp3) is 0.267. The summed E-state index contributed by atoms with van der Waals surface area (Å²) < 4.78 is 42.6. The Balaban J connectivity index is 1.31. The van der Waals surface area contributed by atoms with Crippen LogP contribution in [0.25, 0.3) is 17.1 Å². The molecule has 1 saturated heterocycles. The zero-order valence-corrected chi connectivity index (χ0v) is 24.1. The van der Waals surface area contributed by atoms with E-state index < -0.39 is 12.1 Å². The SMILES string of the molecule is CC(C)c1ccccc1N1/C(=N\N=C/c2ccc(-c3ncn(-c4ccc(OC(F)(F)F)cc4)n3)cc2)SC(C)C1(C)O. The van der Waals surface area contributed by atoms with Crippen LogP contribution < -0.4 is 9.64 Å². The molecule has 0 bridgehead atoms. The zero-order valence-electron chi connectivity index (χ0n) is 23.3. The number of alkyl halides is 3. The number of anilines is 1. The van der Waals surface area contributed by atoms with Gasteiger partial charge in [-0.1, -0.05) is 68.1 Å². The number of para-hydroxylation sites is 1. The molecule has 0 amide bonds. The summed E-state index contributed by atoms with van der Waals surface area (Å²) >= 11 is 1.47. The summed E-state index contributed by atoms with van der Waals surface area (Å²) in [6.45, 7) is 7.99. The van der Waals surface area contributed by atoms with E-state index in [2.05, 4.69) is 44.9 Å². The van der Waals surface area contributed by atoms with Gasteiger partial charge in [-0.05, 0) is 61.2 Å². The van der Waals surface area contributed by atoms with Crippen molar-refractivity contribution in [1.29, 1.82) is 0 Å². The molecule has 1 N–H and O–H groups in total. The van der Waals surface area contributed by atoms with Crippen molar-refractivity contribution in [2.45, 2.75) is 51.0 Å². The van der Waals surface area contributed by atoms with Gasteiger partial charge in [0.25, 0.3) is 0 Å². The van der Waals surface area contributed by atoms with Crippen molar-refractivity contribution in [2.75, 3.05) is 4.90 Å². The molecular formula is C30H29F3N6O2S. The van der Waals surface area contributed by atoms with Crippen molar-refractivity contribution in [1.82, 2.24) is 14.8 Å². The predicted molar refractivity (Wildman–Crippen MR) is 159 cm³/mol. The standard InChI is InChI=1S/C30H29F3N6O2S/c1-19(2)25-7-5-6-8-26(25)39-28(42-20(3)29(39,4)40)36-35-17-21-9-11-22(12-10-21)27-34-18-38(37-27)23-13-15-24(16-14-23)41-30(31,32)33/h5-20,40H,1-4H3/b35-17-,36-28+. The monoisotopic (exact) mass is 594 g/mol. The fourth-order valence-corrected chi connectivity index (χ4v) is 5.60. The number of benzene rings is 3. The summed E-state index contributed by atoms with van der Waals surface area (Å²) in [6, 6.07) is 20.8. The molecule has 1 fully saturated rings. The first kappa shape index (κ1) is 29.3. The van der Waals surface area contributed by atoms with E-state index in [-0.39, 0.29) is 16.9 Å². The Morgan fingerprint density at radius 1 is 1.05 bits per heavy atom. The number of ether oxygens (including phenoxy) is 1. The van der Waals surface area contributed by atoms with Gasteiger partial charge in [-0.25, -0.2) is 9.67 Å². The summed E-state index contributed by atoms with van der Waals surface area (Å²) in [7, 11) is 0. The van der Waals surface area contributed by atoms with Crippen LogP contribution in [0.2, 0.25) is 0 Å². The van der Waals surface area contributed by atoms with E-state index in [1.807, 2.05) is 54.3 Å². The first-order chi connectivity index (χ1) is 19.9. The zero-order chi connectivity index (χ0) is 30.1. The van der Waals surface area contributed by atoms with Gasteiger partial charge in [-0.2, -0.15) is 5.10 Å². The number of thioether (sulfide) groups is 1. The summed E-state index contributed by atoms with van der Waals surface area (Å²) in [4.78, 5) is 6.18. The Labute approximate surface area is 245 Å². The summed E-state index contributed by atoms with van der Waals surface area (Å²) in [5, 5.41) is 25.1. The van der Waals surface area contributed by atoms with Gasteiger partial charge in [0.2, 0.25) is 0 Å². The van der Waals surface area contributed by atoms with Gasteiger partial charge < -0.3 is 9.84 Å². The summed E-state index contributed by atoms with van der Waals surface area (Å²) in [6.07, 6.45) is -1.63. The minimum atomic E-state index is -4.75. The van der Waals surface area contributed by atoms with Crippen molar-refractivity contribution in [3.63, 3.8) is 0 Å². The lowest BCUT2D eigenvalue weighted by Gasteiger charge is -2.34. The normalized spacial score (nSPS) is 20.3. The third-order valence-corrected chi connectivity index (χ3v) is 8.12. The Kier molecular flexibility index (Phi) is 8.11. The second-order valence-electron chi connectivity index (χ2n) is 10.2. The van der Waals surface area contributed by atoms with E-state index in [0.717, 1.165) is 22.4 Å². The minimum absolute atomic E-state index is 0.121. The number of halogens is 3. The van der Waals surface area contributed by atoms with Gasteiger partial charge in [0.05, 0.1) is 17.2 Å². The molecule has 218 valence electrons. The number of aromatic nitrogens is 3. The molecule has 5 rings (SSSR count). The predicted octanol–water partition coefficient (Wildman–Crippen LogP) is 7.00. The topological polar surface area (TPSA) is 88.1 Å². The maximum Gasteiger partial charge on any atom is 0.573 e. The summed E-state index contributed by atoms with van der Waals surface area (Å²) in [5.41, 5.74) is 2.98. The second kappa shape index (κ2) is 11.6. The summed E-state index contributed by atoms with van der Waals surface area (Å²) in [5.74, 6) is 0.404. The quantitative estimate of drug-likeness (QED) is 0.183. The molecule has 8 nitrogen and oxygen atoms in total. The lowest BCUT2D eigenvalue weighted by molar-refractivity contribution is -0.274. The maximum absolute atomic E-state index is 12.4. The van der Waals surface area contributed by atoms with E-state index in [1.165, 1.54) is 47.0 Å². The number of aliphatic hydroxyl groups is 1. The number of rotatable bonds is 7. The van der Waals surface area contributed by atoms with Gasteiger partial charge in [0, 0.05) is 11.3 Å².